The molecule has 0 unspecified atom stereocenters. The first-order valence-corrected chi connectivity index (χ1v) is 21.0. The van der Waals surface area contributed by atoms with Crippen LogP contribution in [0.1, 0.15) is 72.1 Å². The van der Waals surface area contributed by atoms with Crippen molar-refractivity contribution in [1.29, 1.82) is 0 Å². The second-order valence-electron chi connectivity index (χ2n) is 17.4. The number of pyridine rings is 4. The molecule has 0 aromatic carbocycles. The average Bonchev–Trinajstić information content (AvgIpc) is 3.21. The molecule has 4 saturated heterocycles. The fourth-order valence-electron chi connectivity index (χ4n) is 11.0. The summed E-state index contributed by atoms with van der Waals surface area (Å²) in [5.74, 6) is 4.82. The number of fused-ring (bicyclic) bond motifs is 16. The van der Waals surface area contributed by atoms with Crippen LogP contribution in [0.2, 0.25) is 0 Å². The molecular weight excluding hydrogens is 705 g/mol. The van der Waals surface area contributed by atoms with Crippen LogP contribution in [0.15, 0.2) is 92.0 Å². The molecule has 4 aromatic heterocycles. The summed E-state index contributed by atoms with van der Waals surface area (Å²) in [5, 5.41) is 13.7. The minimum atomic E-state index is 0.166. The van der Waals surface area contributed by atoms with Crippen molar-refractivity contribution in [1.82, 2.24) is 39.5 Å². The highest BCUT2D eigenvalue weighted by molar-refractivity contribution is 5.19. The Balaban J connectivity index is 0.0000000975. The predicted octanol–water partition coefficient (Wildman–Crippen LogP) is 2.22. The molecule has 0 spiro atoms. The Kier molecular flexibility index (Phi) is 10.8. The third kappa shape index (κ3) is 7.68. The van der Waals surface area contributed by atoms with Crippen molar-refractivity contribution < 1.29 is 0 Å². The van der Waals surface area contributed by atoms with Crippen molar-refractivity contribution in [3.05, 3.63) is 137 Å². The highest BCUT2D eigenvalue weighted by Gasteiger charge is 2.33. The fourth-order valence-corrected chi connectivity index (χ4v) is 11.0. The van der Waals surface area contributed by atoms with Gasteiger partial charge in [0.15, 0.2) is 0 Å². The summed E-state index contributed by atoms with van der Waals surface area (Å²) in [5.41, 5.74) is 5.56. The predicted molar refractivity (Wildman–Crippen MR) is 218 cm³/mol. The van der Waals surface area contributed by atoms with Gasteiger partial charge in [-0.05, 0) is 99.8 Å². The SMILES string of the molecule is O=c1cccc2n1C[C@@H]1CNC[C@H]2C1.O=c1cccc2n1C[C@@H]1CNC[C@H]2C1.O=c1cccc2n1C[C@@H]1CNC[C@H]2C1.O=c1cccc2n1C[C@@H]1CNC[C@H]2C1. The second-order valence-corrected chi connectivity index (χ2v) is 17.4. The molecule has 12 nitrogen and oxygen atoms in total. The molecule has 56 heavy (non-hydrogen) atoms. The van der Waals surface area contributed by atoms with E-state index in [0.717, 1.165) is 78.5 Å². The van der Waals surface area contributed by atoms with E-state index in [0.29, 0.717) is 47.3 Å². The zero-order chi connectivity index (χ0) is 38.2. The zero-order valence-corrected chi connectivity index (χ0v) is 32.3. The molecule has 4 fully saturated rings. The van der Waals surface area contributed by atoms with E-state index in [1.807, 2.05) is 42.5 Å². The van der Waals surface area contributed by atoms with Gasteiger partial charge in [0.05, 0.1) is 0 Å². The van der Waals surface area contributed by atoms with Gasteiger partial charge in [0.1, 0.15) is 0 Å². The maximum absolute atomic E-state index is 11.6. The lowest BCUT2D eigenvalue weighted by Crippen LogP contribution is -2.44. The van der Waals surface area contributed by atoms with Gasteiger partial charge in [0.25, 0.3) is 22.2 Å². The van der Waals surface area contributed by atoms with Crippen molar-refractivity contribution in [2.75, 3.05) is 52.4 Å². The molecule has 4 N–H and O–H groups in total. The van der Waals surface area contributed by atoms with Crippen LogP contribution in [-0.4, -0.2) is 70.6 Å². The summed E-state index contributed by atoms with van der Waals surface area (Å²) < 4.78 is 7.83. The van der Waals surface area contributed by atoms with Crippen LogP contribution in [0.4, 0.5) is 0 Å². The summed E-state index contributed by atoms with van der Waals surface area (Å²) in [6.07, 6.45) is 4.99. The Morgan fingerprint density at radius 1 is 0.339 bits per heavy atom. The van der Waals surface area contributed by atoms with Crippen LogP contribution in [0.25, 0.3) is 0 Å². The van der Waals surface area contributed by atoms with Gasteiger partial charge < -0.3 is 39.5 Å². The van der Waals surface area contributed by atoms with E-state index in [-0.39, 0.29) is 22.2 Å². The van der Waals surface area contributed by atoms with E-state index in [9.17, 15) is 19.2 Å². The van der Waals surface area contributed by atoms with Gasteiger partial charge in [-0.2, -0.15) is 0 Å². The number of hydrogen-bond acceptors (Lipinski definition) is 8. The van der Waals surface area contributed by atoms with Gasteiger partial charge in [-0.15, -0.1) is 0 Å². The molecule has 0 radical (unpaired) electrons. The van der Waals surface area contributed by atoms with E-state index < -0.39 is 0 Å². The molecule has 12 heterocycles. The molecule has 8 bridgehead atoms. The smallest absolute Gasteiger partial charge is 0.250 e. The molecule has 0 amide bonds. The second kappa shape index (κ2) is 16.2. The minimum absolute atomic E-state index is 0.166. The lowest BCUT2D eigenvalue weighted by molar-refractivity contribution is 0.257. The number of piperidine rings is 4. The lowest BCUT2D eigenvalue weighted by Gasteiger charge is -2.37. The summed E-state index contributed by atoms with van der Waals surface area (Å²) in [6, 6.07) is 22.5. The molecule has 4 aromatic rings. The van der Waals surface area contributed by atoms with Crippen LogP contribution in [-0.2, 0) is 26.2 Å². The van der Waals surface area contributed by atoms with E-state index in [1.165, 1.54) is 48.5 Å². The first-order valence-electron chi connectivity index (χ1n) is 21.0. The first-order chi connectivity index (χ1) is 27.4. The highest BCUT2D eigenvalue weighted by atomic mass is 16.1. The standard InChI is InChI=1S/4C11H14N2O/c4*14-11-3-1-2-10-9-4-8(5-12-6-9)7-13(10)11/h4*1-3,8-9,12H,4-7H2/t4*8-,9+/m0000/s1. The molecule has 8 aliphatic heterocycles. The number of rotatable bonds is 0. The third-order valence-electron chi connectivity index (χ3n) is 13.5. The van der Waals surface area contributed by atoms with Crippen molar-refractivity contribution in [3.8, 4) is 0 Å². The van der Waals surface area contributed by atoms with Crippen LogP contribution in [0, 0.1) is 23.7 Å². The van der Waals surface area contributed by atoms with E-state index in [1.54, 1.807) is 24.3 Å². The molecule has 0 aliphatic carbocycles. The van der Waals surface area contributed by atoms with Crippen molar-refractivity contribution in [3.63, 3.8) is 0 Å². The Hall–Kier alpha value is -4.36. The Bertz CT molecular complexity index is 1960. The van der Waals surface area contributed by atoms with E-state index in [4.69, 9.17) is 0 Å². The molecule has 12 rings (SSSR count). The topological polar surface area (TPSA) is 136 Å². The van der Waals surface area contributed by atoms with Gasteiger partial charge >= 0.3 is 0 Å². The molecule has 8 atom stereocenters. The van der Waals surface area contributed by atoms with Gasteiger partial charge in [-0.3, -0.25) is 19.2 Å². The largest absolute Gasteiger partial charge is 0.316 e. The van der Waals surface area contributed by atoms with Crippen LogP contribution in [0.5, 0.6) is 0 Å². The number of nitrogens with zero attached hydrogens (tertiary/aromatic N) is 4. The zero-order valence-electron chi connectivity index (χ0n) is 32.3. The Morgan fingerprint density at radius 2 is 0.571 bits per heavy atom. The van der Waals surface area contributed by atoms with Crippen molar-refractivity contribution in [2.45, 2.75) is 75.5 Å². The minimum Gasteiger partial charge on any atom is -0.316 e. The van der Waals surface area contributed by atoms with Crippen molar-refractivity contribution in [2.24, 2.45) is 23.7 Å². The Morgan fingerprint density at radius 3 is 0.804 bits per heavy atom. The van der Waals surface area contributed by atoms with E-state index in [2.05, 4.69) is 45.5 Å². The summed E-state index contributed by atoms with van der Waals surface area (Å²) in [4.78, 5) is 46.6. The van der Waals surface area contributed by atoms with Crippen molar-refractivity contribution >= 4 is 0 Å². The summed E-state index contributed by atoms with van der Waals surface area (Å²) in [6.45, 7) is 12.0. The monoisotopic (exact) mass is 760 g/mol. The maximum atomic E-state index is 11.6. The maximum Gasteiger partial charge on any atom is 0.250 e. The molecule has 296 valence electrons. The number of aromatic nitrogens is 4. The number of hydrogen-bond donors (Lipinski definition) is 4. The molecular formula is C44H56N8O4. The normalized spacial score (nSPS) is 29.7. The average molecular weight is 761 g/mol. The molecule has 8 aliphatic rings. The van der Waals surface area contributed by atoms with E-state index >= 15 is 0 Å². The third-order valence-corrected chi connectivity index (χ3v) is 13.5. The van der Waals surface area contributed by atoms with Gasteiger partial charge in [-0.25, -0.2) is 0 Å². The Labute approximate surface area is 327 Å². The van der Waals surface area contributed by atoms with Crippen LogP contribution >= 0.6 is 0 Å². The number of nitrogens with one attached hydrogen (secondary N) is 4. The highest BCUT2D eigenvalue weighted by Crippen LogP contribution is 2.34. The summed E-state index contributed by atoms with van der Waals surface area (Å²) >= 11 is 0. The van der Waals surface area contributed by atoms with Crippen LogP contribution < -0.4 is 43.5 Å². The van der Waals surface area contributed by atoms with Gasteiger partial charge in [0.2, 0.25) is 0 Å². The van der Waals surface area contributed by atoms with Gasteiger partial charge in [-0.1, -0.05) is 24.3 Å². The van der Waals surface area contributed by atoms with Crippen LogP contribution in [0.3, 0.4) is 0 Å². The molecule has 12 heteroatoms. The quantitative estimate of drug-likeness (QED) is 0.215. The summed E-state index contributed by atoms with van der Waals surface area (Å²) in [7, 11) is 0. The first kappa shape index (κ1) is 37.2. The molecule has 0 saturated carbocycles. The van der Waals surface area contributed by atoms with Gasteiger partial charge in [0, 0.05) is 123 Å². The fraction of sp³-hybridized carbons (Fsp3) is 0.545. The lowest BCUT2D eigenvalue weighted by atomic mass is 9.84.